The maximum absolute atomic E-state index is 13.0. The maximum atomic E-state index is 13.0. The van der Waals surface area contributed by atoms with E-state index in [0.717, 1.165) is 5.56 Å². The van der Waals surface area contributed by atoms with Crippen LogP contribution in [0.25, 0.3) is 11.1 Å². The Balaban J connectivity index is 2.77. The van der Waals surface area contributed by atoms with Gasteiger partial charge >= 0.3 is 0 Å². The fourth-order valence-electron chi connectivity index (χ4n) is 2.13. The van der Waals surface area contributed by atoms with Gasteiger partial charge in [-0.25, -0.2) is 4.39 Å². The molecule has 0 saturated carbocycles. The Morgan fingerprint density at radius 3 is 2.47 bits per heavy atom. The van der Waals surface area contributed by atoms with E-state index in [-0.39, 0.29) is 16.9 Å². The molecule has 0 aliphatic carbocycles. The van der Waals surface area contributed by atoms with Crippen LogP contribution in [-0.2, 0) is 6.54 Å². The number of aryl methyl sites for hydroxylation is 2. The summed E-state index contributed by atoms with van der Waals surface area (Å²) in [4.78, 5) is 12.1. The molecule has 0 amide bonds. The minimum atomic E-state index is -0.346. The molecule has 0 spiro atoms. The zero-order valence-electron chi connectivity index (χ0n) is 10.8. The summed E-state index contributed by atoms with van der Waals surface area (Å²) in [6.07, 6.45) is 1.72. The lowest BCUT2D eigenvalue weighted by atomic mass is 9.97. The van der Waals surface area contributed by atoms with Crippen LogP contribution >= 0.6 is 0 Å². The summed E-state index contributed by atoms with van der Waals surface area (Å²) in [5.74, 6) is -0.346. The minimum absolute atomic E-state index is 0.105. The van der Waals surface area contributed by atoms with Crippen molar-refractivity contribution in [3.05, 3.63) is 57.8 Å². The summed E-state index contributed by atoms with van der Waals surface area (Å²) < 4.78 is 14.5. The third-order valence-electron chi connectivity index (χ3n) is 3.05. The Bertz CT molecular complexity index is 709. The zero-order valence-corrected chi connectivity index (χ0v) is 10.8. The molecule has 0 radical (unpaired) electrons. The van der Waals surface area contributed by atoms with Crippen LogP contribution < -0.4 is 5.56 Å². The summed E-state index contributed by atoms with van der Waals surface area (Å²) in [7, 11) is 0. The van der Waals surface area contributed by atoms with E-state index in [9.17, 15) is 14.4 Å². The van der Waals surface area contributed by atoms with Crippen molar-refractivity contribution < 1.29 is 4.39 Å². The molecule has 0 saturated heterocycles. The lowest BCUT2D eigenvalue weighted by Gasteiger charge is -2.11. The standard InChI is InChI=1S/C15H13FN2O/c1-3-18-9-10(2)14(13(8-17)15(18)19)11-4-6-12(16)7-5-11/h4-7,9H,3H2,1-2H3. The Kier molecular flexibility index (Phi) is 3.48. The molecule has 0 atom stereocenters. The molecule has 0 aliphatic heterocycles. The number of nitriles is 1. The van der Waals surface area contributed by atoms with Crippen molar-refractivity contribution in [3.8, 4) is 17.2 Å². The second-order valence-electron chi connectivity index (χ2n) is 4.27. The summed E-state index contributed by atoms with van der Waals surface area (Å²) >= 11 is 0. The lowest BCUT2D eigenvalue weighted by molar-refractivity contribution is 0.628. The molecular weight excluding hydrogens is 243 g/mol. The highest BCUT2D eigenvalue weighted by molar-refractivity contribution is 5.72. The largest absolute Gasteiger partial charge is 0.314 e. The minimum Gasteiger partial charge on any atom is -0.314 e. The van der Waals surface area contributed by atoms with Crippen LogP contribution in [-0.4, -0.2) is 4.57 Å². The van der Waals surface area contributed by atoms with Gasteiger partial charge in [-0.3, -0.25) is 4.79 Å². The quantitative estimate of drug-likeness (QED) is 0.829. The van der Waals surface area contributed by atoms with Gasteiger partial charge in [-0.05, 0) is 37.1 Å². The number of rotatable bonds is 2. The average molecular weight is 256 g/mol. The molecule has 96 valence electrons. The van der Waals surface area contributed by atoms with Gasteiger partial charge in [0.25, 0.3) is 5.56 Å². The number of halogens is 1. The van der Waals surface area contributed by atoms with Crippen molar-refractivity contribution in [1.29, 1.82) is 5.26 Å². The van der Waals surface area contributed by atoms with E-state index in [2.05, 4.69) is 0 Å². The first kappa shape index (κ1) is 13.0. The molecule has 1 aromatic carbocycles. The van der Waals surface area contributed by atoms with E-state index in [4.69, 9.17) is 0 Å². The molecule has 0 bridgehead atoms. The van der Waals surface area contributed by atoms with Crippen LogP contribution in [0.4, 0.5) is 4.39 Å². The Hall–Kier alpha value is -2.41. The van der Waals surface area contributed by atoms with Gasteiger partial charge in [-0.2, -0.15) is 5.26 Å². The first-order chi connectivity index (χ1) is 9.08. The Labute approximate surface area is 110 Å². The highest BCUT2D eigenvalue weighted by Crippen LogP contribution is 2.25. The third kappa shape index (κ3) is 2.27. The highest BCUT2D eigenvalue weighted by Gasteiger charge is 2.14. The van der Waals surface area contributed by atoms with E-state index in [1.807, 2.05) is 19.9 Å². The smallest absolute Gasteiger partial charge is 0.269 e. The maximum Gasteiger partial charge on any atom is 0.269 e. The van der Waals surface area contributed by atoms with Crippen molar-refractivity contribution in [1.82, 2.24) is 4.57 Å². The molecular formula is C15H13FN2O. The van der Waals surface area contributed by atoms with E-state index in [0.29, 0.717) is 17.7 Å². The second-order valence-corrected chi connectivity index (χ2v) is 4.27. The van der Waals surface area contributed by atoms with Crippen molar-refractivity contribution in [3.63, 3.8) is 0 Å². The van der Waals surface area contributed by atoms with Crippen LogP contribution in [0, 0.1) is 24.1 Å². The SMILES string of the molecule is CCn1cc(C)c(-c2ccc(F)cc2)c(C#N)c1=O. The fraction of sp³-hybridized carbons (Fsp3) is 0.200. The molecule has 19 heavy (non-hydrogen) atoms. The Morgan fingerprint density at radius 1 is 1.32 bits per heavy atom. The fourth-order valence-corrected chi connectivity index (χ4v) is 2.13. The Morgan fingerprint density at radius 2 is 1.95 bits per heavy atom. The molecule has 0 aliphatic rings. The molecule has 0 unspecified atom stereocenters. The topological polar surface area (TPSA) is 45.8 Å². The molecule has 0 N–H and O–H groups in total. The van der Waals surface area contributed by atoms with Crippen LogP contribution in [0.3, 0.4) is 0 Å². The van der Waals surface area contributed by atoms with Crippen LogP contribution in [0.2, 0.25) is 0 Å². The van der Waals surface area contributed by atoms with Gasteiger partial charge in [0.05, 0.1) is 0 Å². The van der Waals surface area contributed by atoms with Gasteiger partial charge in [0, 0.05) is 18.3 Å². The molecule has 4 heteroatoms. The number of hydrogen-bond acceptors (Lipinski definition) is 2. The summed E-state index contributed by atoms with van der Waals surface area (Å²) in [6.45, 7) is 4.20. The molecule has 2 aromatic rings. The monoisotopic (exact) mass is 256 g/mol. The van der Waals surface area contributed by atoms with Crippen molar-refractivity contribution in [2.45, 2.75) is 20.4 Å². The van der Waals surface area contributed by atoms with Crippen LogP contribution in [0.1, 0.15) is 18.1 Å². The van der Waals surface area contributed by atoms with E-state index in [1.54, 1.807) is 18.3 Å². The van der Waals surface area contributed by atoms with E-state index in [1.165, 1.54) is 16.7 Å². The van der Waals surface area contributed by atoms with Crippen LogP contribution in [0.15, 0.2) is 35.3 Å². The van der Waals surface area contributed by atoms with E-state index < -0.39 is 0 Å². The third-order valence-corrected chi connectivity index (χ3v) is 3.05. The average Bonchev–Trinajstić information content (AvgIpc) is 2.41. The molecule has 1 heterocycles. The number of benzene rings is 1. The first-order valence-electron chi connectivity index (χ1n) is 5.98. The second kappa shape index (κ2) is 5.07. The van der Waals surface area contributed by atoms with Gasteiger partial charge in [-0.1, -0.05) is 12.1 Å². The number of aromatic nitrogens is 1. The van der Waals surface area contributed by atoms with Crippen molar-refractivity contribution in [2.24, 2.45) is 0 Å². The number of nitrogens with zero attached hydrogens (tertiary/aromatic N) is 2. The molecule has 1 aromatic heterocycles. The lowest BCUT2D eigenvalue weighted by Crippen LogP contribution is -2.23. The zero-order chi connectivity index (χ0) is 14.0. The van der Waals surface area contributed by atoms with Gasteiger partial charge in [0.2, 0.25) is 0 Å². The normalized spacial score (nSPS) is 10.2. The van der Waals surface area contributed by atoms with Crippen molar-refractivity contribution in [2.75, 3.05) is 0 Å². The van der Waals surface area contributed by atoms with Crippen LogP contribution in [0.5, 0.6) is 0 Å². The van der Waals surface area contributed by atoms with Gasteiger partial charge in [-0.15, -0.1) is 0 Å². The van der Waals surface area contributed by atoms with Gasteiger partial charge in [0.15, 0.2) is 0 Å². The summed E-state index contributed by atoms with van der Waals surface area (Å²) in [6, 6.07) is 7.76. The first-order valence-corrected chi connectivity index (χ1v) is 5.98. The number of pyridine rings is 1. The summed E-state index contributed by atoms with van der Waals surface area (Å²) in [5.41, 5.74) is 1.88. The molecule has 3 nitrogen and oxygen atoms in total. The van der Waals surface area contributed by atoms with Gasteiger partial charge < -0.3 is 4.57 Å². The molecule has 0 fully saturated rings. The predicted molar refractivity (Wildman–Crippen MR) is 71.2 cm³/mol. The molecule has 2 rings (SSSR count). The van der Waals surface area contributed by atoms with Crippen molar-refractivity contribution >= 4 is 0 Å². The summed E-state index contributed by atoms with van der Waals surface area (Å²) in [5, 5.41) is 9.22. The predicted octanol–water partition coefficient (Wildman–Crippen LogP) is 2.85. The number of hydrogen-bond donors (Lipinski definition) is 0. The highest BCUT2D eigenvalue weighted by atomic mass is 19.1. The van der Waals surface area contributed by atoms with E-state index >= 15 is 0 Å². The van der Waals surface area contributed by atoms with Gasteiger partial charge in [0.1, 0.15) is 17.4 Å².